The van der Waals surface area contributed by atoms with Crippen LogP contribution in [-0.2, 0) is 20.9 Å². The number of rotatable bonds is 6. The molecule has 7 heteroatoms. The third-order valence-corrected chi connectivity index (χ3v) is 3.16. The van der Waals surface area contributed by atoms with E-state index in [4.69, 9.17) is 9.84 Å². The highest BCUT2D eigenvalue weighted by Gasteiger charge is 2.21. The minimum atomic E-state index is -1.21. The van der Waals surface area contributed by atoms with Gasteiger partial charge in [-0.05, 0) is 5.56 Å². The minimum Gasteiger partial charge on any atom is -0.480 e. The van der Waals surface area contributed by atoms with Gasteiger partial charge in [0.1, 0.15) is 12.6 Å². The highest BCUT2D eigenvalue weighted by molar-refractivity contribution is 8.13. The Labute approximate surface area is 120 Å². The fourth-order valence-electron chi connectivity index (χ4n) is 1.28. The predicted octanol–water partition coefficient (Wildman–Crippen LogP) is 1.65. The molecule has 2 N–H and O–H groups in total. The van der Waals surface area contributed by atoms with Gasteiger partial charge in [-0.2, -0.15) is 0 Å². The van der Waals surface area contributed by atoms with Gasteiger partial charge < -0.3 is 15.2 Å². The third kappa shape index (κ3) is 6.24. The van der Waals surface area contributed by atoms with Gasteiger partial charge in [-0.1, -0.05) is 42.1 Å². The summed E-state index contributed by atoms with van der Waals surface area (Å²) in [6.07, 6.45) is -0.828. The van der Waals surface area contributed by atoms with Crippen molar-refractivity contribution in [2.75, 3.05) is 5.75 Å². The van der Waals surface area contributed by atoms with Crippen molar-refractivity contribution >= 4 is 28.9 Å². The molecule has 0 saturated heterocycles. The van der Waals surface area contributed by atoms with Crippen LogP contribution < -0.4 is 5.32 Å². The molecule has 1 atom stereocenters. The van der Waals surface area contributed by atoms with Crippen LogP contribution in [0.2, 0.25) is 0 Å². The summed E-state index contributed by atoms with van der Waals surface area (Å²) in [5.41, 5.74) is 0.799. The number of carboxylic acids is 1. The van der Waals surface area contributed by atoms with Gasteiger partial charge >= 0.3 is 12.1 Å². The predicted molar refractivity (Wildman–Crippen MR) is 74.3 cm³/mol. The summed E-state index contributed by atoms with van der Waals surface area (Å²) in [4.78, 5) is 33.2. The van der Waals surface area contributed by atoms with Crippen LogP contribution in [0.25, 0.3) is 0 Å². The van der Waals surface area contributed by atoms with Gasteiger partial charge in [0.15, 0.2) is 5.12 Å². The van der Waals surface area contributed by atoms with Crippen LogP contribution in [0.1, 0.15) is 12.5 Å². The van der Waals surface area contributed by atoms with E-state index in [9.17, 15) is 14.4 Å². The van der Waals surface area contributed by atoms with Crippen LogP contribution in [0.5, 0.6) is 0 Å². The summed E-state index contributed by atoms with van der Waals surface area (Å²) in [6.45, 7) is 1.39. The summed E-state index contributed by atoms with van der Waals surface area (Å²) >= 11 is 0.834. The Balaban J connectivity index is 2.41. The zero-order valence-electron chi connectivity index (χ0n) is 10.9. The average molecular weight is 297 g/mol. The highest BCUT2D eigenvalue weighted by Crippen LogP contribution is 2.05. The van der Waals surface area contributed by atoms with Crippen LogP contribution in [0, 0.1) is 0 Å². The summed E-state index contributed by atoms with van der Waals surface area (Å²) in [5, 5.41) is 10.9. The van der Waals surface area contributed by atoms with Crippen molar-refractivity contribution in [3.8, 4) is 0 Å². The normalized spacial score (nSPS) is 11.4. The molecule has 0 aliphatic carbocycles. The molecular formula is C13H15NO5S. The van der Waals surface area contributed by atoms with Gasteiger partial charge in [0.2, 0.25) is 0 Å². The van der Waals surface area contributed by atoms with Crippen molar-refractivity contribution in [1.82, 2.24) is 5.32 Å². The second-order valence-electron chi connectivity index (χ2n) is 3.90. The van der Waals surface area contributed by atoms with Crippen LogP contribution in [0.4, 0.5) is 4.79 Å². The molecule has 1 aromatic rings. The molecule has 0 aliphatic heterocycles. The summed E-state index contributed by atoms with van der Waals surface area (Å²) in [5.74, 6) is -1.25. The first-order chi connectivity index (χ1) is 9.49. The molecule has 0 aliphatic rings. The van der Waals surface area contributed by atoms with E-state index < -0.39 is 18.1 Å². The van der Waals surface area contributed by atoms with E-state index in [0.29, 0.717) is 0 Å². The maximum absolute atomic E-state index is 11.5. The molecule has 20 heavy (non-hydrogen) atoms. The lowest BCUT2D eigenvalue weighted by Gasteiger charge is -2.13. The summed E-state index contributed by atoms with van der Waals surface area (Å²) < 4.78 is 4.91. The molecule has 0 spiro atoms. The van der Waals surface area contributed by atoms with E-state index in [0.717, 1.165) is 17.3 Å². The minimum absolute atomic E-state index is 0.0366. The monoisotopic (exact) mass is 297 g/mol. The largest absolute Gasteiger partial charge is 0.480 e. The number of amides is 1. The lowest BCUT2D eigenvalue weighted by molar-refractivity contribution is -0.138. The standard InChI is InChI=1S/C13H15NO5S/c1-9(15)20-8-11(12(16)17)14-13(18)19-7-10-5-3-2-4-6-10/h2-6,11H,7-8H2,1H3,(H,14,18)(H,16,17)/t11-/m0/s1. The second-order valence-corrected chi connectivity index (χ2v) is 5.10. The summed E-state index contributed by atoms with van der Waals surface area (Å²) in [6, 6.07) is 7.86. The first kappa shape index (κ1) is 16.0. The average Bonchev–Trinajstić information content (AvgIpc) is 2.41. The Morgan fingerprint density at radius 3 is 2.50 bits per heavy atom. The van der Waals surface area contributed by atoms with Gasteiger partial charge in [0.25, 0.3) is 0 Å². The number of aliphatic carboxylic acids is 1. The number of nitrogens with one attached hydrogen (secondary N) is 1. The van der Waals surface area contributed by atoms with Crippen molar-refractivity contribution in [2.45, 2.75) is 19.6 Å². The Morgan fingerprint density at radius 1 is 1.30 bits per heavy atom. The van der Waals surface area contributed by atoms with Gasteiger partial charge in [0.05, 0.1) is 0 Å². The lowest BCUT2D eigenvalue weighted by Crippen LogP contribution is -2.43. The molecule has 0 bridgehead atoms. The van der Waals surface area contributed by atoms with Crippen LogP contribution in [-0.4, -0.2) is 34.1 Å². The molecule has 0 unspecified atom stereocenters. The van der Waals surface area contributed by atoms with Crippen molar-refractivity contribution < 1.29 is 24.2 Å². The number of thioether (sulfide) groups is 1. The molecular weight excluding hydrogens is 282 g/mol. The highest BCUT2D eigenvalue weighted by atomic mass is 32.2. The molecule has 1 aromatic carbocycles. The van der Waals surface area contributed by atoms with Gasteiger partial charge in [-0.15, -0.1) is 0 Å². The first-order valence-electron chi connectivity index (χ1n) is 5.82. The second kappa shape index (κ2) is 8.21. The molecule has 0 radical (unpaired) electrons. The van der Waals surface area contributed by atoms with E-state index in [1.807, 2.05) is 6.07 Å². The fourth-order valence-corrected chi connectivity index (χ4v) is 1.91. The van der Waals surface area contributed by atoms with E-state index in [2.05, 4.69) is 5.32 Å². The van der Waals surface area contributed by atoms with Crippen LogP contribution in [0.3, 0.4) is 0 Å². The molecule has 0 saturated carbocycles. The van der Waals surface area contributed by atoms with Crippen molar-refractivity contribution in [3.05, 3.63) is 35.9 Å². The number of alkyl carbamates (subject to hydrolysis) is 1. The lowest BCUT2D eigenvalue weighted by atomic mass is 10.2. The zero-order valence-corrected chi connectivity index (χ0v) is 11.7. The molecule has 1 amide bonds. The molecule has 0 heterocycles. The number of carbonyl (C=O) groups is 3. The maximum Gasteiger partial charge on any atom is 0.408 e. The topological polar surface area (TPSA) is 92.7 Å². The first-order valence-corrected chi connectivity index (χ1v) is 6.81. The van der Waals surface area contributed by atoms with E-state index in [-0.39, 0.29) is 17.5 Å². The number of hydrogen-bond donors (Lipinski definition) is 2. The van der Waals surface area contributed by atoms with Crippen LogP contribution in [0.15, 0.2) is 30.3 Å². The Morgan fingerprint density at radius 2 is 1.95 bits per heavy atom. The zero-order chi connectivity index (χ0) is 15.0. The Hall–Kier alpha value is -2.02. The maximum atomic E-state index is 11.5. The Bertz CT molecular complexity index is 477. The smallest absolute Gasteiger partial charge is 0.408 e. The van der Waals surface area contributed by atoms with Gasteiger partial charge in [0, 0.05) is 12.7 Å². The SMILES string of the molecule is CC(=O)SC[C@H](NC(=O)OCc1ccccc1)C(=O)O. The number of ether oxygens (including phenoxy) is 1. The van der Waals surface area contributed by atoms with E-state index >= 15 is 0 Å². The molecule has 6 nitrogen and oxygen atoms in total. The third-order valence-electron chi connectivity index (χ3n) is 2.26. The summed E-state index contributed by atoms with van der Waals surface area (Å²) in [7, 11) is 0. The quantitative estimate of drug-likeness (QED) is 0.829. The number of hydrogen-bond acceptors (Lipinski definition) is 5. The van der Waals surface area contributed by atoms with Crippen molar-refractivity contribution in [3.63, 3.8) is 0 Å². The number of carbonyl (C=O) groups excluding carboxylic acids is 2. The van der Waals surface area contributed by atoms with Gasteiger partial charge in [-0.25, -0.2) is 9.59 Å². The molecule has 0 fully saturated rings. The van der Waals surface area contributed by atoms with E-state index in [1.54, 1.807) is 24.3 Å². The molecule has 0 aromatic heterocycles. The fraction of sp³-hybridized carbons (Fsp3) is 0.308. The van der Waals surface area contributed by atoms with E-state index in [1.165, 1.54) is 6.92 Å². The molecule has 1 rings (SSSR count). The van der Waals surface area contributed by atoms with Gasteiger partial charge in [-0.3, -0.25) is 4.79 Å². The number of benzene rings is 1. The van der Waals surface area contributed by atoms with Crippen molar-refractivity contribution in [2.24, 2.45) is 0 Å². The van der Waals surface area contributed by atoms with Crippen LogP contribution >= 0.6 is 11.8 Å². The van der Waals surface area contributed by atoms with Crippen molar-refractivity contribution in [1.29, 1.82) is 0 Å². The number of carboxylic acid groups (broad SMARTS) is 1. The Kier molecular flexibility index (Phi) is 6.58. The molecule has 108 valence electrons.